The molecule has 2 aromatic heterocycles. The number of morpholine rings is 1. The lowest BCUT2D eigenvalue weighted by Gasteiger charge is -2.44. The fourth-order valence-electron chi connectivity index (χ4n) is 7.88. The van der Waals surface area contributed by atoms with Gasteiger partial charge < -0.3 is 19.2 Å². The molecule has 1 aliphatic heterocycles. The Bertz CT molecular complexity index is 1200. The highest BCUT2D eigenvalue weighted by atomic mass is 28.3. The number of aromatic nitrogens is 2. The van der Waals surface area contributed by atoms with Crippen molar-refractivity contribution in [1.29, 1.82) is 0 Å². The molecular weight excluding hydrogens is 484 g/mol. The number of fused-ring (bicyclic) bond motifs is 1. The lowest BCUT2D eigenvalue weighted by molar-refractivity contribution is 0.122. The molecule has 2 aliphatic rings. The van der Waals surface area contributed by atoms with Gasteiger partial charge >= 0.3 is 0 Å². The molecule has 2 fully saturated rings. The quantitative estimate of drug-likeness (QED) is 0.295. The van der Waals surface area contributed by atoms with E-state index in [0.717, 1.165) is 43.4 Å². The Morgan fingerprint density at radius 1 is 0.868 bits per heavy atom. The fourth-order valence-corrected chi connectivity index (χ4v) is 14.5. The number of pyridine rings is 1. The molecule has 1 aromatic carbocycles. The van der Waals surface area contributed by atoms with Gasteiger partial charge in [-0.1, -0.05) is 66.9 Å². The highest BCUT2D eigenvalue weighted by molar-refractivity contribution is 6.82. The van der Waals surface area contributed by atoms with E-state index in [0.29, 0.717) is 22.5 Å². The summed E-state index contributed by atoms with van der Waals surface area (Å²) in [5.41, 5.74) is 8.34. The van der Waals surface area contributed by atoms with Crippen molar-refractivity contribution in [1.82, 2.24) is 9.22 Å². The summed E-state index contributed by atoms with van der Waals surface area (Å²) in [4.78, 5) is 6.93. The standard InChI is InChI=1S/C32H48N4OSi/c1-23(2)38(24(3)4,25(5)6)36-22-31(26-10-8-7-9-11-26)30-13-12-27(19-32(30)36)34-28-18-29(21-33-20-28)35-14-16-37-17-15-35/h12-13,18-26,34H,7-11,14-17H2,1-6H3. The maximum absolute atomic E-state index is 5.55. The van der Waals surface area contributed by atoms with Crippen LogP contribution in [0.15, 0.2) is 42.9 Å². The van der Waals surface area contributed by atoms with Crippen molar-refractivity contribution >= 4 is 36.2 Å². The topological polar surface area (TPSA) is 42.3 Å². The monoisotopic (exact) mass is 532 g/mol. The predicted octanol–water partition coefficient (Wildman–Crippen LogP) is 8.69. The molecule has 0 unspecified atom stereocenters. The normalized spacial score (nSPS) is 17.8. The lowest BCUT2D eigenvalue weighted by atomic mass is 9.84. The van der Waals surface area contributed by atoms with Crippen molar-refractivity contribution in [3.63, 3.8) is 0 Å². The van der Waals surface area contributed by atoms with Gasteiger partial charge in [0, 0.05) is 29.7 Å². The van der Waals surface area contributed by atoms with E-state index < -0.39 is 8.24 Å². The zero-order chi connectivity index (χ0) is 26.9. The average molecular weight is 533 g/mol. The van der Waals surface area contributed by atoms with Crippen LogP contribution in [0.4, 0.5) is 17.1 Å². The van der Waals surface area contributed by atoms with Crippen molar-refractivity contribution in [3.8, 4) is 0 Å². The summed E-state index contributed by atoms with van der Waals surface area (Å²) < 4.78 is 8.38. The molecule has 1 N–H and O–H groups in total. The second kappa shape index (κ2) is 11.4. The van der Waals surface area contributed by atoms with Crippen LogP contribution in [0, 0.1) is 0 Å². The Morgan fingerprint density at radius 3 is 2.21 bits per heavy atom. The van der Waals surface area contributed by atoms with Gasteiger partial charge in [-0.05, 0) is 65.3 Å². The number of rotatable bonds is 8. The minimum Gasteiger partial charge on any atom is -0.378 e. The number of benzene rings is 1. The molecule has 6 heteroatoms. The SMILES string of the molecule is CC(C)[Si](C(C)C)(C(C)C)n1cc(C2CCCCC2)c2ccc(Nc3cncc(N4CCOCC4)c3)cc21. The van der Waals surface area contributed by atoms with Gasteiger partial charge in [0.25, 0.3) is 0 Å². The smallest absolute Gasteiger partial charge is 0.169 e. The van der Waals surface area contributed by atoms with Crippen LogP contribution in [0.2, 0.25) is 16.6 Å². The first-order chi connectivity index (χ1) is 18.3. The molecule has 3 aromatic rings. The third-order valence-corrected chi connectivity index (χ3v) is 16.2. The third kappa shape index (κ3) is 5.02. The highest BCUT2D eigenvalue weighted by Crippen LogP contribution is 2.47. The zero-order valence-corrected chi connectivity index (χ0v) is 25.5. The van der Waals surface area contributed by atoms with Gasteiger partial charge in [0.1, 0.15) is 0 Å². The van der Waals surface area contributed by atoms with Crippen LogP contribution in [0.25, 0.3) is 10.9 Å². The average Bonchev–Trinajstić information content (AvgIpc) is 3.28. The van der Waals surface area contributed by atoms with Gasteiger partial charge in [-0.2, -0.15) is 0 Å². The Kier molecular flexibility index (Phi) is 8.20. The van der Waals surface area contributed by atoms with Crippen LogP contribution >= 0.6 is 0 Å². The minimum atomic E-state index is -1.90. The van der Waals surface area contributed by atoms with Gasteiger partial charge in [-0.15, -0.1) is 0 Å². The van der Waals surface area contributed by atoms with E-state index in [-0.39, 0.29) is 0 Å². The molecule has 1 aliphatic carbocycles. The van der Waals surface area contributed by atoms with Crippen molar-refractivity contribution in [2.45, 2.75) is 96.2 Å². The van der Waals surface area contributed by atoms with Gasteiger partial charge in [-0.25, -0.2) is 0 Å². The van der Waals surface area contributed by atoms with E-state index >= 15 is 0 Å². The summed E-state index contributed by atoms with van der Waals surface area (Å²) in [5, 5.41) is 5.19. The molecular formula is C32H48N4OSi. The van der Waals surface area contributed by atoms with Gasteiger partial charge in [0.05, 0.1) is 37.0 Å². The number of nitrogens with one attached hydrogen (secondary N) is 1. The summed E-state index contributed by atoms with van der Waals surface area (Å²) in [5.74, 6) is 0.693. The second-order valence-electron chi connectivity index (χ2n) is 12.5. The summed E-state index contributed by atoms with van der Waals surface area (Å²) in [7, 11) is -1.90. The second-order valence-corrected chi connectivity index (χ2v) is 18.2. The molecule has 38 heavy (non-hydrogen) atoms. The van der Waals surface area contributed by atoms with Crippen LogP contribution in [0.3, 0.4) is 0 Å². The van der Waals surface area contributed by atoms with Crippen molar-refractivity contribution < 1.29 is 4.74 Å². The maximum Gasteiger partial charge on any atom is 0.169 e. The van der Waals surface area contributed by atoms with Crippen LogP contribution < -0.4 is 10.2 Å². The minimum absolute atomic E-state index is 0.656. The molecule has 0 spiro atoms. The van der Waals surface area contributed by atoms with Crippen molar-refractivity contribution in [2.75, 3.05) is 36.5 Å². The van der Waals surface area contributed by atoms with Gasteiger partial charge in [0.2, 0.25) is 0 Å². The molecule has 0 radical (unpaired) electrons. The first-order valence-corrected chi connectivity index (χ1v) is 17.2. The molecule has 5 rings (SSSR count). The lowest BCUT2D eigenvalue weighted by Crippen LogP contribution is -2.51. The van der Waals surface area contributed by atoms with E-state index in [1.54, 1.807) is 5.56 Å². The van der Waals surface area contributed by atoms with Crippen LogP contribution in [-0.2, 0) is 4.74 Å². The first-order valence-electron chi connectivity index (χ1n) is 15.0. The van der Waals surface area contributed by atoms with Gasteiger partial charge in [-0.3, -0.25) is 4.98 Å². The number of hydrogen-bond donors (Lipinski definition) is 1. The Hall–Kier alpha value is -2.31. The molecule has 0 atom stereocenters. The van der Waals surface area contributed by atoms with Crippen LogP contribution in [0.1, 0.15) is 85.1 Å². The number of anilines is 3. The van der Waals surface area contributed by atoms with Gasteiger partial charge in [0.15, 0.2) is 8.24 Å². The van der Waals surface area contributed by atoms with Crippen LogP contribution in [-0.4, -0.2) is 43.8 Å². The van der Waals surface area contributed by atoms with Crippen molar-refractivity contribution in [3.05, 3.63) is 48.4 Å². The largest absolute Gasteiger partial charge is 0.378 e. The number of nitrogens with zero attached hydrogens (tertiary/aromatic N) is 3. The van der Waals surface area contributed by atoms with Crippen LogP contribution in [0.5, 0.6) is 0 Å². The number of hydrogen-bond acceptors (Lipinski definition) is 4. The predicted molar refractivity (Wildman–Crippen MR) is 165 cm³/mol. The summed E-state index contributed by atoms with van der Waals surface area (Å²) in [6, 6.07) is 9.34. The Balaban J connectivity index is 1.58. The molecule has 3 heterocycles. The van der Waals surface area contributed by atoms with E-state index in [4.69, 9.17) is 4.74 Å². The molecule has 1 saturated carbocycles. The summed E-state index contributed by atoms with van der Waals surface area (Å²) in [6.45, 7) is 18.2. The maximum atomic E-state index is 5.55. The van der Waals surface area contributed by atoms with E-state index in [2.05, 4.69) is 91.4 Å². The molecule has 1 saturated heterocycles. The van der Waals surface area contributed by atoms with E-state index in [9.17, 15) is 0 Å². The fraction of sp³-hybridized carbons (Fsp3) is 0.594. The third-order valence-electron chi connectivity index (χ3n) is 9.46. The molecule has 0 amide bonds. The highest BCUT2D eigenvalue weighted by Gasteiger charge is 2.46. The summed E-state index contributed by atoms with van der Waals surface area (Å²) in [6.07, 6.45) is 13.3. The first kappa shape index (κ1) is 27.3. The number of ether oxygens (including phenoxy) is 1. The Labute approximate surface area is 231 Å². The molecule has 206 valence electrons. The van der Waals surface area contributed by atoms with E-state index in [1.807, 2.05) is 12.4 Å². The molecule has 0 bridgehead atoms. The Morgan fingerprint density at radius 2 is 1.55 bits per heavy atom. The van der Waals surface area contributed by atoms with Crippen molar-refractivity contribution in [2.24, 2.45) is 0 Å². The molecule has 5 nitrogen and oxygen atoms in total. The zero-order valence-electron chi connectivity index (χ0n) is 24.5. The van der Waals surface area contributed by atoms with E-state index in [1.165, 1.54) is 43.0 Å². The summed E-state index contributed by atoms with van der Waals surface area (Å²) >= 11 is 0.